The van der Waals surface area contributed by atoms with Gasteiger partial charge in [0.2, 0.25) is 5.91 Å². The Hall–Kier alpha value is -3.44. The molecule has 1 N–H and O–H groups in total. The molecule has 0 radical (unpaired) electrons. The Kier molecular flexibility index (Phi) is 7.98. The van der Waals surface area contributed by atoms with Gasteiger partial charge in [0.15, 0.2) is 5.82 Å². The SMILES string of the molecule is CC(C)CN(CCC(=O)NC(C)c1ccccc1)c1nc(-c2ccccc2Cl)nc2ccccc12. The molecule has 35 heavy (non-hydrogen) atoms. The van der Waals surface area contributed by atoms with E-state index in [4.69, 9.17) is 21.6 Å². The Bertz CT molecular complexity index is 1290. The number of nitrogens with zero attached hydrogens (tertiary/aromatic N) is 3. The number of hydrogen-bond acceptors (Lipinski definition) is 4. The zero-order valence-electron chi connectivity index (χ0n) is 20.4. The first kappa shape index (κ1) is 24.7. The molecule has 0 saturated carbocycles. The topological polar surface area (TPSA) is 58.1 Å². The number of carbonyl (C=O) groups is 1. The fourth-order valence-electron chi connectivity index (χ4n) is 4.16. The van der Waals surface area contributed by atoms with Crippen molar-refractivity contribution in [2.24, 2.45) is 5.92 Å². The highest BCUT2D eigenvalue weighted by Crippen LogP contribution is 2.31. The van der Waals surface area contributed by atoms with Crippen molar-refractivity contribution in [3.63, 3.8) is 0 Å². The summed E-state index contributed by atoms with van der Waals surface area (Å²) in [5.41, 5.74) is 2.73. The molecule has 0 bridgehead atoms. The molecular formula is C29H31ClN4O. The summed E-state index contributed by atoms with van der Waals surface area (Å²) in [4.78, 5) is 24.8. The van der Waals surface area contributed by atoms with E-state index in [2.05, 4.69) is 24.1 Å². The zero-order chi connectivity index (χ0) is 24.8. The van der Waals surface area contributed by atoms with Crippen LogP contribution in [0.3, 0.4) is 0 Å². The number of amides is 1. The van der Waals surface area contributed by atoms with Crippen molar-refractivity contribution in [3.05, 3.63) is 89.4 Å². The predicted octanol–water partition coefficient (Wildman–Crippen LogP) is 6.68. The molecule has 5 nitrogen and oxygen atoms in total. The average molecular weight is 487 g/mol. The Morgan fingerprint density at radius 3 is 2.34 bits per heavy atom. The standard InChI is InChI=1S/C29H31ClN4O/c1-20(2)19-34(18-17-27(35)31-21(3)22-11-5-4-6-12-22)29-24-14-8-10-16-26(24)32-28(33-29)23-13-7-9-15-25(23)30/h4-16,20-21H,17-19H2,1-3H3,(H,31,35). The van der Waals surface area contributed by atoms with E-state index in [0.29, 0.717) is 29.7 Å². The monoisotopic (exact) mass is 486 g/mol. The molecule has 4 rings (SSSR count). The van der Waals surface area contributed by atoms with E-state index in [9.17, 15) is 4.79 Å². The van der Waals surface area contributed by atoms with E-state index in [0.717, 1.165) is 34.4 Å². The van der Waals surface area contributed by atoms with E-state index in [-0.39, 0.29) is 11.9 Å². The number of rotatable bonds is 9. The summed E-state index contributed by atoms with van der Waals surface area (Å²) in [5, 5.41) is 4.69. The first-order valence-corrected chi connectivity index (χ1v) is 12.4. The van der Waals surface area contributed by atoms with Gasteiger partial charge in [0.25, 0.3) is 0 Å². The molecule has 0 saturated heterocycles. The van der Waals surface area contributed by atoms with Gasteiger partial charge in [-0.1, -0.05) is 80.0 Å². The molecule has 1 aromatic heterocycles. The summed E-state index contributed by atoms with van der Waals surface area (Å²) in [6, 6.07) is 25.6. The van der Waals surface area contributed by atoms with Crippen molar-refractivity contribution >= 4 is 34.2 Å². The van der Waals surface area contributed by atoms with Crippen molar-refractivity contribution < 1.29 is 4.79 Å². The van der Waals surface area contributed by atoms with Crippen LogP contribution >= 0.6 is 11.6 Å². The molecule has 180 valence electrons. The van der Waals surface area contributed by atoms with Crippen molar-refractivity contribution in [3.8, 4) is 11.4 Å². The number of halogens is 1. The summed E-state index contributed by atoms with van der Waals surface area (Å²) in [6.07, 6.45) is 0.365. The van der Waals surface area contributed by atoms with Gasteiger partial charge in [-0.3, -0.25) is 4.79 Å². The van der Waals surface area contributed by atoms with Crippen molar-refractivity contribution in [1.29, 1.82) is 0 Å². The molecule has 3 aromatic carbocycles. The van der Waals surface area contributed by atoms with Crippen molar-refractivity contribution in [1.82, 2.24) is 15.3 Å². The molecule has 6 heteroatoms. The smallest absolute Gasteiger partial charge is 0.222 e. The van der Waals surface area contributed by atoms with E-state index < -0.39 is 0 Å². The average Bonchev–Trinajstić information content (AvgIpc) is 2.86. The third-order valence-electron chi connectivity index (χ3n) is 5.87. The number of para-hydroxylation sites is 1. The van der Waals surface area contributed by atoms with E-state index in [1.54, 1.807) is 0 Å². The second-order valence-corrected chi connectivity index (χ2v) is 9.56. The first-order valence-electron chi connectivity index (χ1n) is 12.0. The second kappa shape index (κ2) is 11.3. The minimum Gasteiger partial charge on any atom is -0.355 e. The number of carbonyl (C=O) groups excluding carboxylic acids is 1. The molecule has 0 aliphatic carbocycles. The van der Waals surface area contributed by atoms with Gasteiger partial charge in [-0.05, 0) is 42.7 Å². The Morgan fingerprint density at radius 2 is 1.60 bits per heavy atom. The zero-order valence-corrected chi connectivity index (χ0v) is 21.2. The molecule has 1 amide bonds. The third-order valence-corrected chi connectivity index (χ3v) is 6.20. The van der Waals surface area contributed by atoms with Gasteiger partial charge in [0.05, 0.1) is 16.6 Å². The fourth-order valence-corrected chi connectivity index (χ4v) is 4.38. The molecule has 0 spiro atoms. The maximum Gasteiger partial charge on any atom is 0.222 e. The van der Waals surface area contributed by atoms with Crippen molar-refractivity contribution in [2.45, 2.75) is 33.2 Å². The maximum absolute atomic E-state index is 12.9. The lowest BCUT2D eigenvalue weighted by molar-refractivity contribution is -0.121. The van der Waals surface area contributed by atoms with Gasteiger partial charge in [-0.2, -0.15) is 0 Å². The molecule has 0 fully saturated rings. The van der Waals surface area contributed by atoms with Gasteiger partial charge in [-0.15, -0.1) is 0 Å². The van der Waals surface area contributed by atoms with Gasteiger partial charge < -0.3 is 10.2 Å². The lowest BCUT2D eigenvalue weighted by atomic mass is 10.1. The number of hydrogen-bond donors (Lipinski definition) is 1. The Balaban J connectivity index is 1.62. The molecular weight excluding hydrogens is 456 g/mol. The van der Waals surface area contributed by atoms with Gasteiger partial charge in [0.1, 0.15) is 5.82 Å². The maximum atomic E-state index is 12.9. The van der Waals surface area contributed by atoms with Crippen LogP contribution in [0.4, 0.5) is 5.82 Å². The largest absolute Gasteiger partial charge is 0.355 e. The summed E-state index contributed by atoms with van der Waals surface area (Å²) < 4.78 is 0. The molecule has 1 atom stereocenters. The van der Waals surface area contributed by atoms with Gasteiger partial charge in [0, 0.05) is 30.5 Å². The summed E-state index contributed by atoms with van der Waals surface area (Å²) >= 11 is 6.48. The van der Waals surface area contributed by atoms with Crippen LogP contribution in [0, 0.1) is 5.92 Å². The number of aromatic nitrogens is 2. The molecule has 1 heterocycles. The highest BCUT2D eigenvalue weighted by atomic mass is 35.5. The van der Waals surface area contributed by atoms with Crippen LogP contribution in [-0.2, 0) is 4.79 Å². The predicted molar refractivity (Wildman–Crippen MR) is 145 cm³/mol. The van der Waals surface area contributed by atoms with Crippen LogP contribution in [0.1, 0.15) is 38.8 Å². The lowest BCUT2D eigenvalue weighted by Gasteiger charge is -2.27. The van der Waals surface area contributed by atoms with E-state index in [1.165, 1.54) is 0 Å². The van der Waals surface area contributed by atoms with Crippen molar-refractivity contribution in [2.75, 3.05) is 18.0 Å². The highest BCUT2D eigenvalue weighted by Gasteiger charge is 2.19. The van der Waals surface area contributed by atoms with Crippen LogP contribution in [0.2, 0.25) is 5.02 Å². The molecule has 4 aromatic rings. The molecule has 0 aliphatic rings. The van der Waals surface area contributed by atoms with Crippen LogP contribution in [0.15, 0.2) is 78.9 Å². The quantitative estimate of drug-likeness (QED) is 0.286. The van der Waals surface area contributed by atoms with Crippen LogP contribution in [0.25, 0.3) is 22.3 Å². The summed E-state index contributed by atoms with van der Waals surface area (Å²) in [7, 11) is 0. The molecule has 0 aliphatic heterocycles. The third kappa shape index (κ3) is 6.17. The number of fused-ring (bicyclic) bond motifs is 1. The molecule has 1 unspecified atom stereocenters. The summed E-state index contributed by atoms with van der Waals surface area (Å²) in [5.74, 6) is 1.81. The highest BCUT2D eigenvalue weighted by molar-refractivity contribution is 6.33. The van der Waals surface area contributed by atoms with E-state index in [1.807, 2.05) is 85.8 Å². The van der Waals surface area contributed by atoms with Crippen LogP contribution in [-0.4, -0.2) is 29.0 Å². The lowest BCUT2D eigenvalue weighted by Crippen LogP contribution is -2.34. The van der Waals surface area contributed by atoms with E-state index >= 15 is 0 Å². The number of benzene rings is 3. The normalized spacial score (nSPS) is 12.0. The minimum atomic E-state index is -0.0473. The number of nitrogens with one attached hydrogen (secondary N) is 1. The Labute approximate surface area is 212 Å². The minimum absolute atomic E-state index is 0.0137. The summed E-state index contributed by atoms with van der Waals surface area (Å²) in [6.45, 7) is 7.66. The number of anilines is 1. The van der Waals surface area contributed by atoms with Crippen LogP contribution < -0.4 is 10.2 Å². The fraction of sp³-hybridized carbons (Fsp3) is 0.276. The Morgan fingerprint density at radius 1 is 0.914 bits per heavy atom. The van der Waals surface area contributed by atoms with Gasteiger partial charge >= 0.3 is 0 Å². The second-order valence-electron chi connectivity index (χ2n) is 9.16. The van der Waals surface area contributed by atoms with Gasteiger partial charge in [-0.25, -0.2) is 9.97 Å². The van der Waals surface area contributed by atoms with Crippen LogP contribution in [0.5, 0.6) is 0 Å². The first-order chi connectivity index (χ1) is 16.9.